The van der Waals surface area contributed by atoms with Crippen molar-refractivity contribution in [1.82, 2.24) is 4.72 Å². The lowest BCUT2D eigenvalue weighted by Gasteiger charge is -2.39. The highest BCUT2D eigenvalue weighted by atomic mass is 32.2. The average molecular weight is 337 g/mol. The Labute approximate surface area is 127 Å². The summed E-state index contributed by atoms with van der Waals surface area (Å²) in [5.41, 5.74) is -1.40. The molecule has 1 saturated heterocycles. The van der Waals surface area contributed by atoms with E-state index in [1.165, 1.54) is 6.07 Å². The highest BCUT2D eigenvalue weighted by Crippen LogP contribution is 2.39. The molecule has 1 aromatic carbocycles. The molecule has 124 valence electrons. The topological polar surface area (TPSA) is 55.4 Å². The van der Waals surface area contributed by atoms with Crippen molar-refractivity contribution in [2.75, 3.05) is 13.2 Å². The number of hydrogen-bond donors (Lipinski definition) is 1. The van der Waals surface area contributed by atoms with Crippen molar-refractivity contribution in [1.29, 1.82) is 0 Å². The van der Waals surface area contributed by atoms with Crippen LogP contribution in [0.4, 0.5) is 13.2 Å². The van der Waals surface area contributed by atoms with Gasteiger partial charge in [-0.05, 0) is 43.9 Å². The Bertz CT molecular complexity index is 650. The van der Waals surface area contributed by atoms with E-state index in [4.69, 9.17) is 4.74 Å². The van der Waals surface area contributed by atoms with Gasteiger partial charge < -0.3 is 4.74 Å². The molecule has 0 bridgehead atoms. The fourth-order valence-corrected chi connectivity index (χ4v) is 4.25. The van der Waals surface area contributed by atoms with Crippen LogP contribution in [-0.4, -0.2) is 33.3 Å². The van der Waals surface area contributed by atoms with E-state index in [9.17, 15) is 21.6 Å². The molecule has 2 rings (SSSR count). The van der Waals surface area contributed by atoms with Crippen molar-refractivity contribution in [3.8, 4) is 0 Å². The molecule has 0 spiro atoms. The molecule has 1 aromatic rings. The van der Waals surface area contributed by atoms with E-state index >= 15 is 0 Å². The quantitative estimate of drug-likeness (QED) is 0.923. The van der Waals surface area contributed by atoms with Gasteiger partial charge in [0, 0.05) is 13.2 Å². The van der Waals surface area contributed by atoms with E-state index in [0.29, 0.717) is 11.1 Å². The van der Waals surface area contributed by atoms with Crippen LogP contribution in [0.1, 0.15) is 24.0 Å². The second-order valence-corrected chi connectivity index (χ2v) is 7.22. The van der Waals surface area contributed by atoms with E-state index in [1.807, 2.05) is 4.72 Å². The Morgan fingerprint density at radius 1 is 1.18 bits per heavy atom. The predicted molar refractivity (Wildman–Crippen MR) is 75.1 cm³/mol. The molecule has 0 saturated carbocycles. The SMILES string of the molecule is Cc1ccc(C)c(S(=O)(=O)NC2(C(F)(F)F)CCOCC2)c1. The number of aryl methyl sites for hydroxylation is 2. The number of alkyl halides is 3. The van der Waals surface area contributed by atoms with E-state index in [-0.39, 0.29) is 18.1 Å². The molecule has 1 fully saturated rings. The zero-order chi connectivity index (χ0) is 16.6. The molecule has 1 N–H and O–H groups in total. The number of hydrogen-bond acceptors (Lipinski definition) is 3. The van der Waals surface area contributed by atoms with Crippen molar-refractivity contribution >= 4 is 10.0 Å². The van der Waals surface area contributed by atoms with Crippen molar-refractivity contribution in [3.63, 3.8) is 0 Å². The maximum atomic E-state index is 13.4. The summed E-state index contributed by atoms with van der Waals surface area (Å²) in [7, 11) is -4.28. The van der Waals surface area contributed by atoms with Crippen LogP contribution in [0.3, 0.4) is 0 Å². The highest BCUT2D eigenvalue weighted by molar-refractivity contribution is 7.89. The molecule has 8 heteroatoms. The maximum absolute atomic E-state index is 13.4. The molecule has 0 unspecified atom stereocenters. The number of halogens is 3. The monoisotopic (exact) mass is 337 g/mol. The molecule has 0 radical (unpaired) electrons. The molecule has 0 atom stereocenters. The summed E-state index contributed by atoms with van der Waals surface area (Å²) in [6.45, 7) is 2.98. The molecular weight excluding hydrogens is 319 g/mol. The molecule has 1 aliphatic heterocycles. The van der Waals surface area contributed by atoms with Crippen LogP contribution in [0.15, 0.2) is 23.1 Å². The van der Waals surface area contributed by atoms with Crippen molar-refractivity contribution in [3.05, 3.63) is 29.3 Å². The van der Waals surface area contributed by atoms with Gasteiger partial charge in [-0.2, -0.15) is 17.9 Å². The second-order valence-electron chi connectivity index (χ2n) is 5.57. The van der Waals surface area contributed by atoms with Crippen molar-refractivity contribution < 1.29 is 26.3 Å². The Morgan fingerprint density at radius 2 is 1.77 bits per heavy atom. The third-order valence-electron chi connectivity index (χ3n) is 3.85. The highest BCUT2D eigenvalue weighted by Gasteiger charge is 2.57. The molecule has 0 aliphatic carbocycles. The Hall–Kier alpha value is -1.12. The van der Waals surface area contributed by atoms with E-state index in [1.54, 1.807) is 26.0 Å². The van der Waals surface area contributed by atoms with Crippen LogP contribution in [0, 0.1) is 13.8 Å². The summed E-state index contributed by atoms with van der Waals surface area (Å²) >= 11 is 0. The molecule has 22 heavy (non-hydrogen) atoms. The normalized spacial score (nSPS) is 19.1. The van der Waals surface area contributed by atoms with Crippen LogP contribution < -0.4 is 4.72 Å². The lowest BCUT2D eigenvalue weighted by atomic mass is 9.91. The first kappa shape index (κ1) is 17.2. The van der Waals surface area contributed by atoms with Crippen molar-refractivity contribution in [2.24, 2.45) is 0 Å². The van der Waals surface area contributed by atoms with Gasteiger partial charge >= 0.3 is 6.18 Å². The Kier molecular flexibility index (Phi) is 4.56. The van der Waals surface area contributed by atoms with Gasteiger partial charge in [-0.3, -0.25) is 0 Å². The fraction of sp³-hybridized carbons (Fsp3) is 0.571. The maximum Gasteiger partial charge on any atom is 0.407 e. The van der Waals surface area contributed by atoms with Gasteiger partial charge in [0.05, 0.1) is 4.90 Å². The van der Waals surface area contributed by atoms with E-state index in [2.05, 4.69) is 0 Å². The average Bonchev–Trinajstić information content (AvgIpc) is 2.41. The minimum absolute atomic E-state index is 0.123. The van der Waals surface area contributed by atoms with Gasteiger partial charge in [-0.15, -0.1) is 0 Å². The summed E-state index contributed by atoms with van der Waals surface area (Å²) in [4.78, 5) is -0.123. The first-order valence-electron chi connectivity index (χ1n) is 6.83. The summed E-state index contributed by atoms with van der Waals surface area (Å²) in [5.74, 6) is 0. The Balaban J connectivity index is 2.43. The largest absolute Gasteiger partial charge is 0.407 e. The summed E-state index contributed by atoms with van der Waals surface area (Å²) in [6, 6.07) is 4.66. The molecule has 1 aliphatic rings. The summed E-state index contributed by atoms with van der Waals surface area (Å²) < 4.78 is 72.1. The van der Waals surface area contributed by atoms with Gasteiger partial charge in [-0.1, -0.05) is 12.1 Å². The van der Waals surface area contributed by atoms with Gasteiger partial charge in [0.25, 0.3) is 0 Å². The summed E-state index contributed by atoms with van der Waals surface area (Å²) in [5, 5.41) is 0. The van der Waals surface area contributed by atoms with Crippen LogP contribution in [0.5, 0.6) is 0 Å². The number of ether oxygens (including phenoxy) is 1. The molecule has 4 nitrogen and oxygen atoms in total. The zero-order valence-corrected chi connectivity index (χ0v) is 13.1. The molecule has 0 aromatic heterocycles. The number of benzene rings is 1. The van der Waals surface area contributed by atoms with Crippen LogP contribution in [0.25, 0.3) is 0 Å². The standard InChI is InChI=1S/C14H18F3NO3S/c1-10-3-4-11(2)12(9-10)22(19,20)18-13(14(15,16)17)5-7-21-8-6-13/h3-4,9,18H,5-8H2,1-2H3. The Morgan fingerprint density at radius 3 is 2.32 bits per heavy atom. The van der Waals surface area contributed by atoms with Gasteiger partial charge in [-0.25, -0.2) is 8.42 Å². The minimum atomic E-state index is -4.68. The van der Waals surface area contributed by atoms with Crippen LogP contribution >= 0.6 is 0 Å². The van der Waals surface area contributed by atoms with Gasteiger partial charge in [0.2, 0.25) is 10.0 Å². The second kappa shape index (κ2) is 5.82. The predicted octanol–water partition coefficient (Wildman–Crippen LogP) is 2.69. The third kappa shape index (κ3) is 3.28. The third-order valence-corrected chi connectivity index (χ3v) is 5.53. The lowest BCUT2D eigenvalue weighted by Crippen LogP contribution is -2.61. The zero-order valence-electron chi connectivity index (χ0n) is 12.3. The van der Waals surface area contributed by atoms with E-state index in [0.717, 1.165) is 0 Å². The number of nitrogens with one attached hydrogen (secondary N) is 1. The van der Waals surface area contributed by atoms with Gasteiger partial charge in [0.15, 0.2) is 0 Å². The molecule has 0 amide bonds. The van der Waals surface area contributed by atoms with Crippen molar-refractivity contribution in [2.45, 2.75) is 43.3 Å². The number of rotatable bonds is 3. The van der Waals surface area contributed by atoms with Gasteiger partial charge in [0.1, 0.15) is 5.54 Å². The number of sulfonamides is 1. The fourth-order valence-electron chi connectivity index (χ4n) is 2.47. The van der Waals surface area contributed by atoms with Crippen LogP contribution in [0.2, 0.25) is 0 Å². The smallest absolute Gasteiger partial charge is 0.381 e. The molecule has 1 heterocycles. The van der Waals surface area contributed by atoms with E-state index < -0.39 is 34.6 Å². The lowest BCUT2D eigenvalue weighted by molar-refractivity contribution is -0.210. The minimum Gasteiger partial charge on any atom is -0.381 e. The molecular formula is C14H18F3NO3S. The summed E-state index contributed by atoms with van der Waals surface area (Å²) in [6.07, 6.45) is -5.54. The van der Waals surface area contributed by atoms with Crippen LogP contribution in [-0.2, 0) is 14.8 Å². The first-order chi connectivity index (χ1) is 10.1. The first-order valence-corrected chi connectivity index (χ1v) is 8.31.